The molecule has 0 spiro atoms. The lowest BCUT2D eigenvalue weighted by atomic mass is 10.1. The minimum absolute atomic E-state index is 0.448. The molecule has 0 aliphatic heterocycles. The van der Waals surface area contributed by atoms with Gasteiger partial charge in [-0.25, -0.2) is 0 Å². The second-order valence-corrected chi connectivity index (χ2v) is 3.96. The molecule has 2 heteroatoms. The topological polar surface area (TPSA) is 35.2 Å². The van der Waals surface area contributed by atoms with Crippen LogP contribution in [0.15, 0.2) is 0 Å². The monoisotopic (exact) mass is 201 g/mol. The lowest BCUT2D eigenvalue weighted by molar-refractivity contribution is 0.0683. The van der Waals surface area contributed by atoms with Crippen LogP contribution < -0.4 is 5.73 Å². The molecule has 0 aromatic rings. The maximum absolute atomic E-state index is 5.47. The highest BCUT2D eigenvalue weighted by molar-refractivity contribution is 4.52. The molecule has 0 heterocycles. The Morgan fingerprint density at radius 2 is 1.57 bits per heavy atom. The normalized spacial score (nSPS) is 13.1. The van der Waals surface area contributed by atoms with Crippen LogP contribution in [-0.2, 0) is 4.74 Å². The Morgan fingerprint density at radius 1 is 1.00 bits per heavy atom. The molecule has 0 saturated heterocycles. The molecule has 0 saturated carbocycles. The first-order chi connectivity index (χ1) is 6.81. The molecule has 2 nitrogen and oxygen atoms in total. The summed E-state index contributed by atoms with van der Waals surface area (Å²) in [5, 5.41) is 0. The predicted octanol–water partition coefficient (Wildman–Crippen LogP) is 3.10. The van der Waals surface area contributed by atoms with E-state index in [1.807, 2.05) is 0 Å². The third-order valence-corrected chi connectivity index (χ3v) is 2.52. The van der Waals surface area contributed by atoms with Crippen LogP contribution in [0.2, 0.25) is 0 Å². The van der Waals surface area contributed by atoms with Crippen LogP contribution in [0.25, 0.3) is 0 Å². The summed E-state index contributed by atoms with van der Waals surface area (Å²) < 4.78 is 5.47. The molecule has 0 aliphatic carbocycles. The van der Waals surface area contributed by atoms with E-state index in [0.717, 1.165) is 13.2 Å². The first-order valence-corrected chi connectivity index (χ1v) is 6.13. The Kier molecular flexibility index (Phi) is 10.9. The SMILES string of the molecule is CCOC(C)CCCCCCCCN. The van der Waals surface area contributed by atoms with Crippen LogP contribution in [0.5, 0.6) is 0 Å². The molecule has 0 bridgehead atoms. The lowest BCUT2D eigenvalue weighted by Crippen LogP contribution is -2.07. The van der Waals surface area contributed by atoms with E-state index in [1.54, 1.807) is 0 Å². The van der Waals surface area contributed by atoms with Crippen molar-refractivity contribution < 1.29 is 4.74 Å². The predicted molar refractivity (Wildman–Crippen MR) is 62.5 cm³/mol. The molecule has 86 valence electrons. The smallest absolute Gasteiger partial charge is 0.0546 e. The number of rotatable bonds is 10. The average molecular weight is 201 g/mol. The fourth-order valence-corrected chi connectivity index (χ4v) is 1.65. The van der Waals surface area contributed by atoms with Crippen LogP contribution in [0.1, 0.15) is 58.8 Å². The molecule has 14 heavy (non-hydrogen) atoms. The molecule has 2 N–H and O–H groups in total. The zero-order chi connectivity index (χ0) is 10.6. The van der Waals surface area contributed by atoms with Crippen molar-refractivity contribution in [2.45, 2.75) is 64.9 Å². The van der Waals surface area contributed by atoms with Gasteiger partial charge in [-0.1, -0.05) is 32.1 Å². The molecule has 0 aromatic heterocycles. The van der Waals surface area contributed by atoms with Gasteiger partial charge < -0.3 is 10.5 Å². The summed E-state index contributed by atoms with van der Waals surface area (Å²) in [6, 6.07) is 0. The molecule has 1 unspecified atom stereocenters. The van der Waals surface area contributed by atoms with Gasteiger partial charge in [-0.2, -0.15) is 0 Å². The summed E-state index contributed by atoms with van der Waals surface area (Å²) in [4.78, 5) is 0. The minimum atomic E-state index is 0.448. The van der Waals surface area contributed by atoms with E-state index in [1.165, 1.54) is 44.9 Å². The third kappa shape index (κ3) is 10.0. The van der Waals surface area contributed by atoms with E-state index in [4.69, 9.17) is 10.5 Å². The van der Waals surface area contributed by atoms with Crippen LogP contribution in [0.4, 0.5) is 0 Å². The first-order valence-electron chi connectivity index (χ1n) is 6.13. The zero-order valence-corrected chi connectivity index (χ0v) is 9.93. The van der Waals surface area contributed by atoms with Crippen LogP contribution >= 0.6 is 0 Å². The summed E-state index contributed by atoms with van der Waals surface area (Å²) in [6.45, 7) is 5.92. The van der Waals surface area contributed by atoms with E-state index in [-0.39, 0.29) is 0 Å². The van der Waals surface area contributed by atoms with Gasteiger partial charge in [0.2, 0.25) is 0 Å². The van der Waals surface area contributed by atoms with Crippen molar-refractivity contribution in [3.05, 3.63) is 0 Å². The highest BCUT2D eigenvalue weighted by Gasteiger charge is 1.99. The van der Waals surface area contributed by atoms with Gasteiger partial charge in [0.15, 0.2) is 0 Å². The summed E-state index contributed by atoms with van der Waals surface area (Å²) >= 11 is 0. The quantitative estimate of drug-likeness (QED) is 0.551. The van der Waals surface area contributed by atoms with Crippen LogP contribution in [0.3, 0.4) is 0 Å². The Labute approximate surface area is 89.2 Å². The van der Waals surface area contributed by atoms with Crippen molar-refractivity contribution in [3.63, 3.8) is 0 Å². The van der Waals surface area contributed by atoms with Gasteiger partial charge in [0, 0.05) is 6.61 Å². The maximum Gasteiger partial charge on any atom is 0.0546 e. The van der Waals surface area contributed by atoms with E-state index >= 15 is 0 Å². The van der Waals surface area contributed by atoms with Gasteiger partial charge >= 0.3 is 0 Å². The lowest BCUT2D eigenvalue weighted by Gasteiger charge is -2.10. The third-order valence-electron chi connectivity index (χ3n) is 2.52. The van der Waals surface area contributed by atoms with E-state index in [0.29, 0.717) is 6.10 Å². The number of unbranched alkanes of at least 4 members (excludes halogenated alkanes) is 5. The fraction of sp³-hybridized carbons (Fsp3) is 1.00. The molecule has 0 fully saturated rings. The van der Waals surface area contributed by atoms with Gasteiger partial charge in [0.1, 0.15) is 0 Å². The van der Waals surface area contributed by atoms with Gasteiger partial charge in [-0.15, -0.1) is 0 Å². The van der Waals surface area contributed by atoms with Crippen LogP contribution in [0, 0.1) is 0 Å². The highest BCUT2D eigenvalue weighted by Crippen LogP contribution is 2.09. The average Bonchev–Trinajstić information content (AvgIpc) is 2.17. The Hall–Kier alpha value is -0.0800. The van der Waals surface area contributed by atoms with Gasteiger partial charge in [-0.3, -0.25) is 0 Å². The molecule has 0 rings (SSSR count). The molecule has 0 radical (unpaired) electrons. The van der Waals surface area contributed by atoms with Gasteiger partial charge in [-0.05, 0) is 33.2 Å². The largest absolute Gasteiger partial charge is 0.379 e. The standard InChI is InChI=1S/C12H27NO/c1-3-14-12(2)10-8-6-4-5-7-9-11-13/h12H,3-11,13H2,1-2H3. The molecule has 0 aromatic carbocycles. The molecule has 1 atom stereocenters. The van der Waals surface area contributed by atoms with Crippen molar-refractivity contribution in [2.75, 3.05) is 13.2 Å². The summed E-state index contributed by atoms with van der Waals surface area (Å²) in [7, 11) is 0. The summed E-state index contributed by atoms with van der Waals surface area (Å²) in [5.74, 6) is 0. The first kappa shape index (κ1) is 13.9. The Bertz CT molecular complexity index is 106. The molecule has 0 aliphatic rings. The van der Waals surface area contributed by atoms with Crippen molar-refractivity contribution in [3.8, 4) is 0 Å². The van der Waals surface area contributed by atoms with Crippen molar-refractivity contribution in [2.24, 2.45) is 5.73 Å². The highest BCUT2D eigenvalue weighted by atomic mass is 16.5. The van der Waals surface area contributed by atoms with Crippen molar-refractivity contribution in [1.29, 1.82) is 0 Å². The van der Waals surface area contributed by atoms with Crippen molar-refractivity contribution >= 4 is 0 Å². The number of hydrogen-bond acceptors (Lipinski definition) is 2. The second kappa shape index (κ2) is 11.0. The second-order valence-electron chi connectivity index (χ2n) is 3.96. The Balaban J connectivity index is 2.98. The summed E-state index contributed by atoms with van der Waals surface area (Å²) in [5.41, 5.74) is 5.43. The summed E-state index contributed by atoms with van der Waals surface area (Å²) in [6.07, 6.45) is 9.52. The fourth-order valence-electron chi connectivity index (χ4n) is 1.65. The van der Waals surface area contributed by atoms with E-state index in [2.05, 4.69) is 13.8 Å². The molecular weight excluding hydrogens is 174 g/mol. The number of ether oxygens (including phenoxy) is 1. The van der Waals surface area contributed by atoms with Gasteiger partial charge in [0.25, 0.3) is 0 Å². The minimum Gasteiger partial charge on any atom is -0.379 e. The molecule has 0 amide bonds. The van der Waals surface area contributed by atoms with E-state index < -0.39 is 0 Å². The molecular formula is C12H27NO. The maximum atomic E-state index is 5.47. The zero-order valence-electron chi connectivity index (χ0n) is 9.93. The van der Waals surface area contributed by atoms with Gasteiger partial charge in [0.05, 0.1) is 6.10 Å². The van der Waals surface area contributed by atoms with E-state index in [9.17, 15) is 0 Å². The number of hydrogen-bond donors (Lipinski definition) is 1. The van der Waals surface area contributed by atoms with Crippen molar-refractivity contribution in [1.82, 2.24) is 0 Å². The van der Waals surface area contributed by atoms with Crippen LogP contribution in [-0.4, -0.2) is 19.3 Å². The Morgan fingerprint density at radius 3 is 2.14 bits per heavy atom. The number of nitrogens with two attached hydrogens (primary N) is 1.